The number of phenolic OH excluding ortho intramolecular Hbond substituents is 1. The summed E-state index contributed by atoms with van der Waals surface area (Å²) >= 11 is 7.83. The number of aromatic nitrogens is 1. The van der Waals surface area contributed by atoms with E-state index >= 15 is 0 Å². The predicted octanol–water partition coefficient (Wildman–Crippen LogP) is 4.59. The molecule has 1 N–H and O–H groups in total. The fourth-order valence-electron chi connectivity index (χ4n) is 4.91. The van der Waals surface area contributed by atoms with E-state index in [0.29, 0.717) is 14.4 Å². The van der Waals surface area contributed by atoms with Crippen molar-refractivity contribution in [2.45, 2.75) is 18.9 Å². The Bertz CT molecular complexity index is 1790. The molecule has 3 aromatic carbocycles. The fourth-order valence-corrected chi connectivity index (χ4v) is 6.14. The second-order valence-electron chi connectivity index (χ2n) is 8.64. The minimum atomic E-state index is -0.540. The molecule has 2 aliphatic rings. The molecule has 1 aliphatic heterocycles. The fraction of sp³-hybridized carbons (Fsp3) is 0.111. The van der Waals surface area contributed by atoms with Crippen molar-refractivity contribution in [2.75, 3.05) is 0 Å². The summed E-state index contributed by atoms with van der Waals surface area (Å²) in [5, 5.41) is 22.1. The van der Waals surface area contributed by atoms with Gasteiger partial charge in [0.2, 0.25) is 0 Å². The van der Waals surface area contributed by atoms with Gasteiger partial charge < -0.3 is 5.11 Å². The lowest BCUT2D eigenvalue weighted by Gasteiger charge is -2.31. The Balaban J connectivity index is 1.63. The summed E-state index contributed by atoms with van der Waals surface area (Å²) in [5.41, 5.74) is 4.67. The summed E-state index contributed by atoms with van der Waals surface area (Å²) in [6, 6.07) is 18.9. The molecule has 0 amide bonds. The molecule has 0 bridgehead atoms. The van der Waals surface area contributed by atoms with E-state index in [2.05, 4.69) is 6.07 Å². The molecule has 1 aliphatic carbocycles. The zero-order chi connectivity index (χ0) is 25.0. The Labute approximate surface area is 213 Å². The molecule has 0 unspecified atom stereocenters. The SMILES string of the molecule is O=c1/c(=C\c2cc([N+](=O)[O-])ccc2O)sc2n1[C@H](c1ccccc1Cl)C1=C(N=2)c2ccccc2CC1. The number of aryl methyl sites for hydroxylation is 1. The molecule has 0 spiro atoms. The van der Waals surface area contributed by atoms with Crippen molar-refractivity contribution in [1.82, 2.24) is 4.57 Å². The van der Waals surface area contributed by atoms with Gasteiger partial charge in [0.05, 0.1) is 21.2 Å². The normalized spacial score (nSPS) is 16.7. The lowest BCUT2D eigenvalue weighted by Crippen LogP contribution is -2.38. The number of halogens is 1. The van der Waals surface area contributed by atoms with Gasteiger partial charge in [-0.15, -0.1) is 0 Å². The molecular weight excluding hydrogens is 498 g/mol. The third kappa shape index (κ3) is 3.57. The Morgan fingerprint density at radius 2 is 1.89 bits per heavy atom. The first-order valence-electron chi connectivity index (χ1n) is 11.3. The molecule has 1 aromatic heterocycles. The highest BCUT2D eigenvalue weighted by Gasteiger charge is 2.33. The Morgan fingerprint density at radius 1 is 1.11 bits per heavy atom. The predicted molar refractivity (Wildman–Crippen MR) is 139 cm³/mol. The monoisotopic (exact) mass is 515 g/mol. The Kier molecular flexibility index (Phi) is 5.35. The number of nitrogens with zero attached hydrogens (tertiary/aromatic N) is 3. The van der Waals surface area contributed by atoms with E-state index in [4.69, 9.17) is 16.6 Å². The number of phenols is 1. The van der Waals surface area contributed by atoms with Crippen molar-refractivity contribution < 1.29 is 10.0 Å². The van der Waals surface area contributed by atoms with E-state index in [0.717, 1.165) is 35.2 Å². The zero-order valence-electron chi connectivity index (χ0n) is 18.7. The van der Waals surface area contributed by atoms with Crippen LogP contribution in [0.25, 0.3) is 11.8 Å². The second-order valence-corrected chi connectivity index (χ2v) is 10.1. The molecule has 36 heavy (non-hydrogen) atoms. The highest BCUT2D eigenvalue weighted by Crippen LogP contribution is 2.42. The summed E-state index contributed by atoms with van der Waals surface area (Å²) < 4.78 is 1.97. The maximum atomic E-state index is 13.8. The molecule has 178 valence electrons. The maximum Gasteiger partial charge on any atom is 0.271 e. The molecule has 7 nitrogen and oxygen atoms in total. The number of allylic oxidation sites excluding steroid dienone is 1. The number of benzene rings is 3. The lowest BCUT2D eigenvalue weighted by atomic mass is 9.83. The van der Waals surface area contributed by atoms with Crippen LogP contribution >= 0.6 is 22.9 Å². The minimum Gasteiger partial charge on any atom is -0.507 e. The second kappa shape index (κ2) is 8.58. The van der Waals surface area contributed by atoms with E-state index in [9.17, 15) is 20.0 Å². The lowest BCUT2D eigenvalue weighted by molar-refractivity contribution is -0.384. The van der Waals surface area contributed by atoms with Gasteiger partial charge in [0, 0.05) is 28.3 Å². The number of hydrogen-bond donors (Lipinski definition) is 1. The van der Waals surface area contributed by atoms with Crippen LogP contribution in [0.4, 0.5) is 5.69 Å². The Morgan fingerprint density at radius 3 is 2.69 bits per heavy atom. The van der Waals surface area contributed by atoms with Gasteiger partial charge in [-0.3, -0.25) is 19.5 Å². The van der Waals surface area contributed by atoms with Crippen LogP contribution in [0, 0.1) is 10.1 Å². The Hall–Kier alpha value is -4.01. The summed E-state index contributed by atoms with van der Waals surface area (Å²) in [4.78, 5) is 29.9. The molecule has 0 saturated heterocycles. The largest absolute Gasteiger partial charge is 0.507 e. The highest BCUT2D eigenvalue weighted by atomic mass is 35.5. The minimum absolute atomic E-state index is 0.151. The first kappa shape index (κ1) is 22.5. The van der Waals surface area contributed by atoms with E-state index in [-0.39, 0.29) is 22.6 Å². The van der Waals surface area contributed by atoms with Gasteiger partial charge in [-0.05, 0) is 47.8 Å². The summed E-state index contributed by atoms with van der Waals surface area (Å²) in [6.45, 7) is 0. The average Bonchev–Trinajstić information content (AvgIpc) is 3.19. The van der Waals surface area contributed by atoms with Gasteiger partial charge in [0.15, 0.2) is 4.80 Å². The molecule has 0 radical (unpaired) electrons. The van der Waals surface area contributed by atoms with Crippen LogP contribution in [-0.4, -0.2) is 14.6 Å². The smallest absolute Gasteiger partial charge is 0.271 e. The maximum absolute atomic E-state index is 13.8. The van der Waals surface area contributed by atoms with Gasteiger partial charge in [-0.25, -0.2) is 4.99 Å². The van der Waals surface area contributed by atoms with E-state index in [1.54, 1.807) is 4.57 Å². The zero-order valence-corrected chi connectivity index (χ0v) is 20.3. The number of thiazole rings is 1. The number of rotatable bonds is 3. The van der Waals surface area contributed by atoms with Crippen molar-refractivity contribution in [3.05, 3.63) is 129 Å². The van der Waals surface area contributed by atoms with E-state index < -0.39 is 11.0 Å². The number of hydrogen-bond acceptors (Lipinski definition) is 6. The van der Waals surface area contributed by atoms with E-state index in [1.165, 1.54) is 41.2 Å². The van der Waals surface area contributed by atoms with Gasteiger partial charge in [-0.1, -0.05) is 65.4 Å². The molecule has 2 heterocycles. The third-order valence-corrected chi connectivity index (χ3v) is 7.91. The molecule has 4 aromatic rings. The number of non-ortho nitro benzene ring substituents is 1. The molecule has 0 fully saturated rings. The van der Waals surface area contributed by atoms with Gasteiger partial charge >= 0.3 is 0 Å². The van der Waals surface area contributed by atoms with Gasteiger partial charge in [0.25, 0.3) is 11.2 Å². The molecule has 6 rings (SSSR count). The number of nitro groups is 1. The highest BCUT2D eigenvalue weighted by molar-refractivity contribution is 7.07. The topological polar surface area (TPSA) is 97.7 Å². The van der Waals surface area contributed by atoms with E-state index in [1.807, 2.05) is 42.5 Å². The molecular formula is C27H18ClN3O4S. The van der Waals surface area contributed by atoms with Crippen molar-refractivity contribution >= 4 is 40.4 Å². The molecule has 1 atom stereocenters. The summed E-state index contributed by atoms with van der Waals surface area (Å²) in [7, 11) is 0. The number of nitro benzene ring substituents is 1. The van der Waals surface area contributed by atoms with Gasteiger partial charge in [-0.2, -0.15) is 0 Å². The summed E-state index contributed by atoms with van der Waals surface area (Å²) in [6.07, 6.45) is 3.05. The van der Waals surface area contributed by atoms with Crippen molar-refractivity contribution in [3.8, 4) is 5.75 Å². The number of aromatic hydroxyl groups is 1. The average molecular weight is 516 g/mol. The first-order valence-corrected chi connectivity index (χ1v) is 12.5. The van der Waals surface area contributed by atoms with Crippen molar-refractivity contribution in [3.63, 3.8) is 0 Å². The van der Waals surface area contributed by atoms with Gasteiger partial charge in [0.1, 0.15) is 5.75 Å². The van der Waals surface area contributed by atoms with Crippen LogP contribution in [0.3, 0.4) is 0 Å². The van der Waals surface area contributed by atoms with Crippen LogP contribution < -0.4 is 14.9 Å². The van der Waals surface area contributed by atoms with Crippen LogP contribution in [0.2, 0.25) is 5.02 Å². The van der Waals surface area contributed by atoms with Crippen molar-refractivity contribution in [2.24, 2.45) is 4.99 Å². The summed E-state index contributed by atoms with van der Waals surface area (Å²) in [5.74, 6) is -0.151. The van der Waals surface area contributed by atoms with Crippen LogP contribution in [0.5, 0.6) is 5.75 Å². The van der Waals surface area contributed by atoms with Crippen LogP contribution in [0.1, 0.15) is 34.7 Å². The van der Waals surface area contributed by atoms with Crippen LogP contribution in [-0.2, 0) is 6.42 Å². The van der Waals surface area contributed by atoms with Crippen molar-refractivity contribution in [1.29, 1.82) is 0 Å². The first-order chi connectivity index (χ1) is 17.4. The van der Waals surface area contributed by atoms with Crippen LogP contribution in [0.15, 0.2) is 82.1 Å². The standard InChI is InChI=1S/C27H18ClN3O4S/c28-21-8-4-3-7-19(21)25-20-11-9-15-5-1-2-6-18(15)24(20)29-27-30(25)26(33)23(36-27)14-16-13-17(31(34)35)10-12-22(16)32/h1-8,10,12-14,25,32H,9,11H2/b23-14+/t25-/m1/s1. The molecule has 0 saturated carbocycles. The third-order valence-electron chi connectivity index (χ3n) is 6.58. The molecule has 9 heteroatoms. The quantitative estimate of drug-likeness (QED) is 0.319. The number of fused-ring (bicyclic) bond motifs is 3.